The Hall–Kier alpha value is -5.91. The zero-order valence-corrected chi connectivity index (χ0v) is 35.9. The molecule has 0 bridgehead atoms. The van der Waals surface area contributed by atoms with Gasteiger partial charge in [-0.1, -0.05) is 0 Å². The van der Waals surface area contributed by atoms with Crippen molar-refractivity contribution < 1.29 is 23.9 Å². The van der Waals surface area contributed by atoms with Crippen LogP contribution in [0.5, 0.6) is 5.75 Å². The number of rotatable bonds is 12. The first-order chi connectivity index (χ1) is 30.8. The summed E-state index contributed by atoms with van der Waals surface area (Å²) < 4.78 is 9.31. The number of amides is 4. The van der Waals surface area contributed by atoms with Crippen LogP contribution in [0.15, 0.2) is 61.1 Å². The number of piperazine rings is 1. The van der Waals surface area contributed by atoms with Gasteiger partial charge in [0.15, 0.2) is 11.5 Å². The van der Waals surface area contributed by atoms with Crippen LogP contribution in [0.1, 0.15) is 83.7 Å². The number of benzene rings is 2. The van der Waals surface area contributed by atoms with Crippen molar-refractivity contribution in [1.29, 1.82) is 0 Å². The Labute approximate surface area is 366 Å². The fourth-order valence-electron chi connectivity index (χ4n) is 10.4. The molecule has 330 valence electrons. The van der Waals surface area contributed by atoms with E-state index in [0.29, 0.717) is 53.4 Å². The van der Waals surface area contributed by atoms with E-state index in [4.69, 9.17) is 9.84 Å². The van der Waals surface area contributed by atoms with Crippen LogP contribution in [0.4, 0.5) is 11.5 Å². The minimum Gasteiger partial charge on any atom is -0.496 e. The molecule has 3 aromatic heterocycles. The smallest absolute Gasteiger partial charge is 0.260 e. The summed E-state index contributed by atoms with van der Waals surface area (Å²) in [5.74, 6) is 0.621. The van der Waals surface area contributed by atoms with E-state index in [1.807, 2.05) is 30.3 Å². The first kappa shape index (κ1) is 41.1. The molecule has 1 aliphatic carbocycles. The number of methoxy groups -OCH3 is 1. The third kappa shape index (κ3) is 8.61. The molecule has 5 aromatic rings. The van der Waals surface area contributed by atoms with Gasteiger partial charge in [-0.2, -0.15) is 14.7 Å². The summed E-state index contributed by atoms with van der Waals surface area (Å²) in [6, 6.07) is 13.6. The van der Waals surface area contributed by atoms with Gasteiger partial charge in [-0.3, -0.25) is 34.1 Å². The van der Waals surface area contributed by atoms with Crippen molar-refractivity contribution in [2.24, 2.45) is 5.92 Å². The fraction of sp³-hybridized carbons (Fsp3) is 0.500. The van der Waals surface area contributed by atoms with Crippen LogP contribution < -0.4 is 25.6 Å². The quantitative estimate of drug-likeness (QED) is 0.156. The van der Waals surface area contributed by atoms with Crippen molar-refractivity contribution in [3.05, 3.63) is 77.7 Å². The average molecular weight is 857 g/mol. The van der Waals surface area contributed by atoms with Crippen LogP contribution in [0.25, 0.3) is 16.6 Å². The van der Waals surface area contributed by atoms with Crippen molar-refractivity contribution in [3.8, 4) is 5.75 Å². The number of carbonyl (C=O) groups excluding carboxylic acids is 4. The number of ether oxygens (including phenoxy) is 1. The summed E-state index contributed by atoms with van der Waals surface area (Å²) >= 11 is 0. The molecule has 5 aliphatic rings. The van der Waals surface area contributed by atoms with Crippen LogP contribution in [0.2, 0.25) is 0 Å². The Morgan fingerprint density at radius 3 is 2.54 bits per heavy atom. The molecule has 7 heterocycles. The number of anilines is 2. The third-order valence-corrected chi connectivity index (χ3v) is 14.0. The van der Waals surface area contributed by atoms with Gasteiger partial charge < -0.3 is 30.1 Å². The molecule has 10 rings (SSSR count). The fourth-order valence-corrected chi connectivity index (χ4v) is 10.4. The highest BCUT2D eigenvalue weighted by molar-refractivity contribution is 6.08. The second kappa shape index (κ2) is 17.7. The molecule has 3 saturated heterocycles. The topological polar surface area (TPSA) is 175 Å². The van der Waals surface area contributed by atoms with Crippen molar-refractivity contribution in [2.75, 3.05) is 76.2 Å². The molecule has 3 N–H and O–H groups in total. The predicted octanol–water partition coefficient (Wildman–Crippen LogP) is 3.71. The Morgan fingerprint density at radius 1 is 0.921 bits per heavy atom. The van der Waals surface area contributed by atoms with Gasteiger partial charge in [-0.25, -0.2) is 4.98 Å². The molecular weight excluding hydrogens is 801 g/mol. The largest absolute Gasteiger partial charge is 0.496 e. The number of aromatic nitrogens is 5. The van der Waals surface area contributed by atoms with Gasteiger partial charge in [0.2, 0.25) is 11.8 Å². The van der Waals surface area contributed by atoms with Crippen molar-refractivity contribution in [3.63, 3.8) is 0 Å². The van der Waals surface area contributed by atoms with Crippen molar-refractivity contribution in [1.82, 2.24) is 49.7 Å². The molecule has 0 radical (unpaired) electrons. The van der Waals surface area contributed by atoms with Crippen molar-refractivity contribution in [2.45, 2.75) is 76.0 Å². The third-order valence-electron chi connectivity index (χ3n) is 14.0. The lowest BCUT2D eigenvalue weighted by Crippen LogP contribution is -2.52. The number of imide groups is 1. The number of piperidine rings is 2. The Balaban J connectivity index is 0.631. The molecule has 4 aliphatic heterocycles. The standard InChI is InChI=1S/C46H56N12O5/c1-63-40-25-38-32(24-37(40)44(60)50-42-26-48-41-3-2-14-49-58(41)42)29-57(52-38)34-6-4-33(5-7-34)47-15-18-53-16-12-30(13-17-53)27-54-19-21-55(22-20-54)35-8-9-36-31(23-35)28-56(46(36)62)39-10-11-43(59)51-45(39)61/h2-3,8-9,14,23-26,29-30,33-34,39,47H,4-7,10-13,15-22,27-28H2,1H3,(H,50,60)(H,51,59,61). The molecule has 4 fully saturated rings. The maximum atomic E-state index is 13.4. The van der Waals surface area contributed by atoms with Gasteiger partial charge in [0.05, 0.1) is 30.4 Å². The number of hydrogen-bond donors (Lipinski definition) is 3. The number of imidazole rings is 1. The van der Waals surface area contributed by atoms with Gasteiger partial charge in [0, 0.05) is 99.9 Å². The van der Waals surface area contributed by atoms with E-state index in [-0.39, 0.29) is 30.0 Å². The Morgan fingerprint density at radius 2 is 1.75 bits per heavy atom. The zero-order valence-electron chi connectivity index (χ0n) is 35.9. The van der Waals surface area contributed by atoms with E-state index >= 15 is 0 Å². The van der Waals surface area contributed by atoms with Crippen LogP contribution in [0, 0.1) is 5.92 Å². The van der Waals surface area contributed by atoms with Gasteiger partial charge in [-0.15, -0.1) is 0 Å². The average Bonchev–Trinajstić information content (AvgIpc) is 4.01. The molecule has 4 amide bonds. The molecule has 1 saturated carbocycles. The Kier molecular flexibility index (Phi) is 11.5. The lowest BCUT2D eigenvalue weighted by molar-refractivity contribution is -0.136. The lowest BCUT2D eigenvalue weighted by atomic mass is 9.91. The SMILES string of the molecule is COc1cc2nn(C3CCC(NCCN4CCC(CN5CCN(c6ccc7c(c6)CN(C6CCC(=O)NC6=O)C7=O)CC5)CC4)CC3)cc2cc1C(=O)Nc1cnc2cccnn12. The highest BCUT2D eigenvalue weighted by Crippen LogP contribution is 2.33. The van der Waals surface area contributed by atoms with E-state index in [2.05, 4.69) is 57.7 Å². The molecule has 1 atom stereocenters. The molecule has 2 aromatic carbocycles. The number of carbonyl (C=O) groups is 4. The number of nitrogens with one attached hydrogen (secondary N) is 3. The van der Waals surface area contributed by atoms with E-state index < -0.39 is 6.04 Å². The van der Waals surface area contributed by atoms with Crippen molar-refractivity contribution >= 4 is 51.7 Å². The molecule has 1 unspecified atom stereocenters. The van der Waals surface area contributed by atoms with Gasteiger partial charge >= 0.3 is 0 Å². The minimum atomic E-state index is -0.589. The minimum absolute atomic E-state index is 0.124. The molecule has 17 nitrogen and oxygen atoms in total. The number of nitrogens with zero attached hydrogens (tertiary/aromatic N) is 9. The predicted molar refractivity (Wildman–Crippen MR) is 237 cm³/mol. The highest BCUT2D eigenvalue weighted by Gasteiger charge is 2.39. The van der Waals surface area contributed by atoms with E-state index in [9.17, 15) is 19.2 Å². The van der Waals surface area contributed by atoms with Gasteiger partial charge in [0.1, 0.15) is 11.8 Å². The van der Waals surface area contributed by atoms with Crippen LogP contribution in [-0.2, 0) is 16.1 Å². The van der Waals surface area contributed by atoms with E-state index in [1.165, 1.54) is 12.8 Å². The summed E-state index contributed by atoms with van der Waals surface area (Å²) in [7, 11) is 1.57. The zero-order chi connectivity index (χ0) is 43.0. The molecular formula is C46H56N12O5. The molecule has 17 heteroatoms. The van der Waals surface area contributed by atoms with Gasteiger partial charge in [-0.05, 0) is 106 Å². The second-order valence-electron chi connectivity index (χ2n) is 17.9. The maximum Gasteiger partial charge on any atom is 0.260 e. The highest BCUT2D eigenvalue weighted by atomic mass is 16.5. The number of likely N-dealkylation sites (tertiary alicyclic amines) is 1. The van der Waals surface area contributed by atoms with Gasteiger partial charge in [0.25, 0.3) is 11.8 Å². The molecule has 63 heavy (non-hydrogen) atoms. The molecule has 0 spiro atoms. The first-order valence-electron chi connectivity index (χ1n) is 22.6. The Bertz CT molecular complexity index is 2510. The summed E-state index contributed by atoms with van der Waals surface area (Å²) in [4.78, 5) is 64.3. The summed E-state index contributed by atoms with van der Waals surface area (Å²) in [5, 5.41) is 19.3. The lowest BCUT2D eigenvalue weighted by Gasteiger charge is -2.40. The summed E-state index contributed by atoms with van der Waals surface area (Å²) in [5.41, 5.74) is 4.64. The second-order valence-corrected chi connectivity index (χ2v) is 17.9. The maximum absolute atomic E-state index is 13.4. The first-order valence-corrected chi connectivity index (χ1v) is 22.6. The van der Waals surface area contributed by atoms with E-state index in [1.54, 1.807) is 35.0 Å². The number of fused-ring (bicyclic) bond motifs is 3. The summed E-state index contributed by atoms with van der Waals surface area (Å²) in [6.45, 7) is 9.92. The van der Waals surface area contributed by atoms with Crippen LogP contribution in [-0.4, -0.2) is 141 Å². The monoisotopic (exact) mass is 856 g/mol. The van der Waals surface area contributed by atoms with Crippen LogP contribution >= 0.6 is 0 Å². The van der Waals surface area contributed by atoms with E-state index in [0.717, 1.165) is 113 Å². The number of hydrogen-bond acceptors (Lipinski definition) is 12. The summed E-state index contributed by atoms with van der Waals surface area (Å²) in [6.07, 6.45) is 12.7. The normalized spacial score (nSPS) is 22.8. The van der Waals surface area contributed by atoms with Crippen LogP contribution in [0.3, 0.4) is 0 Å².